The topological polar surface area (TPSA) is 45.2 Å². The minimum atomic E-state index is 0.220. The van der Waals surface area contributed by atoms with Crippen molar-refractivity contribution in [1.82, 2.24) is 15.2 Å². The van der Waals surface area contributed by atoms with Gasteiger partial charge in [0.2, 0.25) is 5.91 Å². The highest BCUT2D eigenvalue weighted by Gasteiger charge is 2.38. The molecule has 0 radical (unpaired) electrons. The lowest BCUT2D eigenvalue weighted by Crippen LogP contribution is -2.49. The normalized spacial score (nSPS) is 30.1. The fourth-order valence-corrected chi connectivity index (χ4v) is 3.37. The number of piperidine rings is 1. The first-order chi connectivity index (χ1) is 7.83. The van der Waals surface area contributed by atoms with Crippen LogP contribution in [0.15, 0.2) is 11.6 Å². The zero-order chi connectivity index (χ0) is 11.0. The summed E-state index contributed by atoms with van der Waals surface area (Å²) < 4.78 is 0. The van der Waals surface area contributed by atoms with E-state index >= 15 is 0 Å². The van der Waals surface area contributed by atoms with Crippen LogP contribution >= 0.6 is 11.3 Å². The third-order valence-electron chi connectivity index (χ3n) is 3.50. The van der Waals surface area contributed by atoms with Crippen LogP contribution in [0.1, 0.15) is 24.3 Å². The van der Waals surface area contributed by atoms with Crippen molar-refractivity contribution >= 4 is 17.2 Å². The number of nitrogens with one attached hydrogen (secondary N) is 1. The summed E-state index contributed by atoms with van der Waals surface area (Å²) in [6.45, 7) is 2.02. The van der Waals surface area contributed by atoms with Gasteiger partial charge in [-0.15, -0.1) is 11.3 Å². The number of fused-ring (bicyclic) bond motifs is 1. The SMILES string of the molecule is O=C1CC[C@@H]2[C@H](CCN2Cc2nccs2)N1. The monoisotopic (exact) mass is 237 g/mol. The third-order valence-corrected chi connectivity index (χ3v) is 4.26. The van der Waals surface area contributed by atoms with E-state index in [1.54, 1.807) is 11.3 Å². The molecule has 4 nitrogen and oxygen atoms in total. The van der Waals surface area contributed by atoms with E-state index in [0.29, 0.717) is 18.5 Å². The first-order valence-electron chi connectivity index (χ1n) is 5.75. The molecule has 0 aromatic carbocycles. The molecular weight excluding hydrogens is 222 g/mol. The zero-order valence-electron chi connectivity index (χ0n) is 9.06. The third kappa shape index (κ3) is 1.85. The van der Waals surface area contributed by atoms with Crippen molar-refractivity contribution < 1.29 is 4.79 Å². The number of nitrogens with zero attached hydrogens (tertiary/aromatic N) is 2. The first kappa shape index (κ1) is 10.2. The second kappa shape index (κ2) is 4.14. The number of thiazole rings is 1. The average molecular weight is 237 g/mol. The summed E-state index contributed by atoms with van der Waals surface area (Å²) in [5.41, 5.74) is 0. The summed E-state index contributed by atoms with van der Waals surface area (Å²) in [5, 5.41) is 6.29. The second-order valence-corrected chi connectivity index (χ2v) is 5.44. The van der Waals surface area contributed by atoms with Gasteiger partial charge in [-0.1, -0.05) is 0 Å². The maximum absolute atomic E-state index is 11.3. The number of amides is 1. The fourth-order valence-electron chi connectivity index (χ4n) is 2.73. The Hall–Kier alpha value is -0.940. The van der Waals surface area contributed by atoms with Gasteiger partial charge >= 0.3 is 0 Å². The number of hydrogen-bond acceptors (Lipinski definition) is 4. The van der Waals surface area contributed by atoms with Crippen LogP contribution in [0.5, 0.6) is 0 Å². The van der Waals surface area contributed by atoms with Crippen LogP contribution < -0.4 is 5.32 Å². The minimum absolute atomic E-state index is 0.220. The Morgan fingerprint density at radius 3 is 3.31 bits per heavy atom. The highest BCUT2D eigenvalue weighted by atomic mass is 32.1. The van der Waals surface area contributed by atoms with Crippen LogP contribution in [0.25, 0.3) is 0 Å². The first-order valence-corrected chi connectivity index (χ1v) is 6.63. The van der Waals surface area contributed by atoms with E-state index in [2.05, 4.69) is 15.2 Å². The fraction of sp³-hybridized carbons (Fsp3) is 0.636. The maximum atomic E-state index is 11.3. The van der Waals surface area contributed by atoms with Gasteiger partial charge in [-0.05, 0) is 12.8 Å². The highest BCUT2D eigenvalue weighted by Crippen LogP contribution is 2.27. The molecule has 1 amide bonds. The van der Waals surface area contributed by atoms with E-state index < -0.39 is 0 Å². The van der Waals surface area contributed by atoms with Gasteiger partial charge in [-0.25, -0.2) is 4.98 Å². The quantitative estimate of drug-likeness (QED) is 0.834. The van der Waals surface area contributed by atoms with Gasteiger partial charge in [-0.3, -0.25) is 9.69 Å². The van der Waals surface area contributed by atoms with Crippen LogP contribution in [-0.2, 0) is 11.3 Å². The predicted molar refractivity (Wildman–Crippen MR) is 62.1 cm³/mol. The molecule has 0 spiro atoms. The molecule has 0 unspecified atom stereocenters. The lowest BCUT2D eigenvalue weighted by atomic mass is 9.99. The number of carbonyl (C=O) groups excluding carboxylic acids is 1. The number of carbonyl (C=O) groups is 1. The summed E-state index contributed by atoms with van der Waals surface area (Å²) in [6, 6.07) is 0.905. The molecule has 0 saturated carbocycles. The van der Waals surface area contributed by atoms with Crippen molar-refractivity contribution in [3.05, 3.63) is 16.6 Å². The molecule has 3 rings (SSSR count). The standard InChI is InChI=1S/C11H15N3OS/c15-10-2-1-9-8(13-10)3-5-14(9)7-11-12-4-6-16-11/h4,6,8-9H,1-3,5,7H2,(H,13,15)/t8-,9+/m0/s1. The molecule has 3 heterocycles. The number of aromatic nitrogens is 1. The molecule has 0 aliphatic carbocycles. The molecule has 2 fully saturated rings. The van der Waals surface area contributed by atoms with Gasteiger partial charge in [0.25, 0.3) is 0 Å². The summed E-state index contributed by atoms with van der Waals surface area (Å²) in [5.74, 6) is 0.220. The van der Waals surface area contributed by atoms with Gasteiger partial charge in [0.05, 0.1) is 6.54 Å². The minimum Gasteiger partial charge on any atom is -0.352 e. The molecule has 2 atom stereocenters. The Balaban J connectivity index is 1.67. The highest BCUT2D eigenvalue weighted by molar-refractivity contribution is 7.09. The van der Waals surface area contributed by atoms with E-state index in [4.69, 9.17) is 0 Å². The largest absolute Gasteiger partial charge is 0.352 e. The molecular formula is C11H15N3OS. The van der Waals surface area contributed by atoms with Crippen LogP contribution in [0, 0.1) is 0 Å². The van der Waals surface area contributed by atoms with Crippen LogP contribution in [0.2, 0.25) is 0 Å². The predicted octanol–water partition coefficient (Wildman–Crippen LogP) is 0.996. The van der Waals surface area contributed by atoms with Crippen LogP contribution in [0.4, 0.5) is 0 Å². The van der Waals surface area contributed by atoms with Gasteiger partial charge in [0.15, 0.2) is 0 Å². The Morgan fingerprint density at radius 2 is 2.50 bits per heavy atom. The Bertz CT molecular complexity index is 379. The van der Waals surface area contributed by atoms with E-state index in [1.165, 1.54) is 5.01 Å². The molecule has 16 heavy (non-hydrogen) atoms. The summed E-state index contributed by atoms with van der Waals surface area (Å²) in [4.78, 5) is 18.1. The summed E-state index contributed by atoms with van der Waals surface area (Å²) in [6.07, 6.45) is 4.62. The van der Waals surface area contributed by atoms with E-state index in [1.807, 2.05) is 11.6 Å². The summed E-state index contributed by atoms with van der Waals surface area (Å²) in [7, 11) is 0. The number of rotatable bonds is 2. The Morgan fingerprint density at radius 1 is 1.56 bits per heavy atom. The van der Waals surface area contributed by atoms with Gasteiger partial charge in [-0.2, -0.15) is 0 Å². The van der Waals surface area contributed by atoms with Gasteiger partial charge < -0.3 is 5.32 Å². The molecule has 2 aliphatic heterocycles. The van der Waals surface area contributed by atoms with Crippen molar-refractivity contribution in [3.63, 3.8) is 0 Å². The molecule has 2 saturated heterocycles. The number of hydrogen-bond donors (Lipinski definition) is 1. The Labute approximate surface area is 98.7 Å². The van der Waals surface area contributed by atoms with Crippen LogP contribution in [0.3, 0.4) is 0 Å². The van der Waals surface area contributed by atoms with Gasteiger partial charge in [0, 0.05) is 36.6 Å². The number of likely N-dealkylation sites (tertiary alicyclic amines) is 1. The van der Waals surface area contributed by atoms with Gasteiger partial charge in [0.1, 0.15) is 5.01 Å². The molecule has 2 aliphatic rings. The maximum Gasteiger partial charge on any atom is 0.220 e. The van der Waals surface area contributed by atoms with Crippen molar-refractivity contribution in [2.24, 2.45) is 0 Å². The smallest absolute Gasteiger partial charge is 0.220 e. The molecule has 1 aromatic rings. The van der Waals surface area contributed by atoms with E-state index in [0.717, 1.165) is 25.9 Å². The van der Waals surface area contributed by atoms with Crippen molar-refractivity contribution in [1.29, 1.82) is 0 Å². The van der Waals surface area contributed by atoms with Crippen molar-refractivity contribution in [2.75, 3.05) is 6.54 Å². The van der Waals surface area contributed by atoms with Crippen LogP contribution in [-0.4, -0.2) is 34.4 Å². The van der Waals surface area contributed by atoms with Crippen molar-refractivity contribution in [3.8, 4) is 0 Å². The van der Waals surface area contributed by atoms with E-state index in [-0.39, 0.29) is 5.91 Å². The lowest BCUT2D eigenvalue weighted by molar-refractivity contribution is -0.124. The van der Waals surface area contributed by atoms with Crippen molar-refractivity contribution in [2.45, 2.75) is 37.9 Å². The molecule has 86 valence electrons. The molecule has 1 aromatic heterocycles. The second-order valence-electron chi connectivity index (χ2n) is 4.47. The molecule has 0 bridgehead atoms. The molecule has 5 heteroatoms. The zero-order valence-corrected chi connectivity index (χ0v) is 9.87. The summed E-state index contributed by atoms with van der Waals surface area (Å²) >= 11 is 1.71. The molecule has 1 N–H and O–H groups in total. The van der Waals surface area contributed by atoms with E-state index in [9.17, 15) is 4.79 Å². The average Bonchev–Trinajstić information content (AvgIpc) is 2.89. The Kier molecular flexibility index (Phi) is 2.65. The lowest BCUT2D eigenvalue weighted by Gasteiger charge is -2.31.